The number of rotatable bonds is 5. The summed E-state index contributed by atoms with van der Waals surface area (Å²) in [5.41, 5.74) is 0.262. The standard InChI is InChI=1S/C18H22FN5O2/c1-20-17(25)12-23-9-6-15(7-10-23)24-16(5-8-21-24)22-18(26)13-3-2-4-14(19)11-13/h2-5,8,11,15H,6-7,9-10,12H2,1H3,(H,20,25)(H,22,26). The van der Waals surface area contributed by atoms with Gasteiger partial charge in [-0.3, -0.25) is 14.5 Å². The molecule has 26 heavy (non-hydrogen) atoms. The Balaban J connectivity index is 1.62. The fourth-order valence-electron chi connectivity index (χ4n) is 3.13. The molecule has 0 aliphatic carbocycles. The molecule has 2 heterocycles. The van der Waals surface area contributed by atoms with E-state index in [1.807, 2.05) is 0 Å². The second-order valence-electron chi connectivity index (χ2n) is 6.31. The predicted molar refractivity (Wildman–Crippen MR) is 95.4 cm³/mol. The van der Waals surface area contributed by atoms with Crippen molar-refractivity contribution in [3.63, 3.8) is 0 Å². The van der Waals surface area contributed by atoms with Crippen LogP contribution >= 0.6 is 0 Å². The Labute approximate surface area is 151 Å². The molecule has 2 amide bonds. The number of halogens is 1. The van der Waals surface area contributed by atoms with E-state index < -0.39 is 5.82 Å². The minimum atomic E-state index is -0.449. The molecule has 138 valence electrons. The van der Waals surface area contributed by atoms with Crippen molar-refractivity contribution < 1.29 is 14.0 Å². The number of likely N-dealkylation sites (tertiary alicyclic amines) is 1. The van der Waals surface area contributed by atoms with Crippen molar-refractivity contribution in [2.45, 2.75) is 18.9 Å². The van der Waals surface area contributed by atoms with Gasteiger partial charge in [0.2, 0.25) is 5.91 Å². The van der Waals surface area contributed by atoms with Crippen molar-refractivity contribution >= 4 is 17.6 Å². The van der Waals surface area contributed by atoms with Gasteiger partial charge in [-0.25, -0.2) is 9.07 Å². The van der Waals surface area contributed by atoms with Gasteiger partial charge in [-0.05, 0) is 31.0 Å². The van der Waals surface area contributed by atoms with Gasteiger partial charge in [0.1, 0.15) is 11.6 Å². The van der Waals surface area contributed by atoms with Crippen LogP contribution in [-0.4, -0.2) is 53.2 Å². The van der Waals surface area contributed by atoms with E-state index in [2.05, 4.69) is 20.6 Å². The zero-order valence-electron chi connectivity index (χ0n) is 14.6. The molecule has 0 saturated carbocycles. The Morgan fingerprint density at radius 3 is 2.73 bits per heavy atom. The molecule has 0 bridgehead atoms. The number of aromatic nitrogens is 2. The van der Waals surface area contributed by atoms with E-state index in [4.69, 9.17) is 0 Å². The van der Waals surface area contributed by atoms with Gasteiger partial charge in [-0.15, -0.1) is 0 Å². The topological polar surface area (TPSA) is 79.3 Å². The first-order valence-electron chi connectivity index (χ1n) is 8.60. The highest BCUT2D eigenvalue weighted by atomic mass is 19.1. The normalized spacial score (nSPS) is 15.6. The molecule has 1 aliphatic heterocycles. The number of hydrogen-bond acceptors (Lipinski definition) is 4. The molecule has 0 atom stereocenters. The highest BCUT2D eigenvalue weighted by molar-refractivity contribution is 6.03. The molecule has 8 heteroatoms. The molecule has 1 saturated heterocycles. The molecule has 7 nitrogen and oxygen atoms in total. The van der Waals surface area contributed by atoms with Gasteiger partial charge in [-0.2, -0.15) is 5.10 Å². The molecule has 0 radical (unpaired) electrons. The SMILES string of the molecule is CNC(=O)CN1CCC(n2nccc2NC(=O)c2cccc(F)c2)CC1. The summed E-state index contributed by atoms with van der Waals surface area (Å²) in [6, 6.07) is 7.45. The second-order valence-corrected chi connectivity index (χ2v) is 6.31. The summed E-state index contributed by atoms with van der Waals surface area (Å²) in [7, 11) is 1.63. The van der Waals surface area contributed by atoms with Crippen LogP contribution in [0.15, 0.2) is 36.5 Å². The van der Waals surface area contributed by atoms with E-state index in [0.717, 1.165) is 25.9 Å². The van der Waals surface area contributed by atoms with Gasteiger partial charge in [0.25, 0.3) is 5.91 Å². The van der Waals surface area contributed by atoms with Gasteiger partial charge in [-0.1, -0.05) is 6.07 Å². The summed E-state index contributed by atoms with van der Waals surface area (Å²) in [6.07, 6.45) is 3.31. The maximum Gasteiger partial charge on any atom is 0.256 e. The van der Waals surface area contributed by atoms with E-state index >= 15 is 0 Å². The molecule has 2 N–H and O–H groups in total. The Morgan fingerprint density at radius 1 is 1.27 bits per heavy atom. The Kier molecular flexibility index (Phi) is 5.62. The van der Waals surface area contributed by atoms with Crippen LogP contribution in [0.4, 0.5) is 10.2 Å². The van der Waals surface area contributed by atoms with Crippen LogP contribution < -0.4 is 10.6 Å². The minimum Gasteiger partial charge on any atom is -0.358 e. The van der Waals surface area contributed by atoms with Gasteiger partial charge >= 0.3 is 0 Å². The number of amides is 2. The largest absolute Gasteiger partial charge is 0.358 e. The van der Waals surface area contributed by atoms with Gasteiger partial charge in [0.05, 0.1) is 18.8 Å². The van der Waals surface area contributed by atoms with Crippen LogP contribution in [0.1, 0.15) is 29.2 Å². The maximum atomic E-state index is 13.3. The first kappa shape index (κ1) is 18.1. The summed E-state index contributed by atoms with van der Waals surface area (Å²) in [5, 5.41) is 9.77. The third-order valence-corrected chi connectivity index (χ3v) is 4.55. The zero-order valence-corrected chi connectivity index (χ0v) is 14.6. The van der Waals surface area contributed by atoms with Crippen LogP contribution in [0.3, 0.4) is 0 Å². The van der Waals surface area contributed by atoms with Gasteiger partial charge in [0.15, 0.2) is 0 Å². The lowest BCUT2D eigenvalue weighted by Crippen LogP contribution is -2.41. The van der Waals surface area contributed by atoms with E-state index in [1.165, 1.54) is 18.2 Å². The number of nitrogens with one attached hydrogen (secondary N) is 2. The molecule has 1 fully saturated rings. The highest BCUT2D eigenvalue weighted by Gasteiger charge is 2.24. The maximum absolute atomic E-state index is 13.3. The number of nitrogens with zero attached hydrogens (tertiary/aromatic N) is 3. The van der Waals surface area contributed by atoms with Crippen molar-refractivity contribution in [1.29, 1.82) is 0 Å². The number of carbonyl (C=O) groups is 2. The van der Waals surface area contributed by atoms with Crippen LogP contribution in [0.25, 0.3) is 0 Å². The van der Waals surface area contributed by atoms with Crippen molar-refractivity contribution in [3.05, 3.63) is 47.9 Å². The van der Waals surface area contributed by atoms with Gasteiger partial charge < -0.3 is 10.6 Å². The highest BCUT2D eigenvalue weighted by Crippen LogP contribution is 2.25. The summed E-state index contributed by atoms with van der Waals surface area (Å²) < 4.78 is 15.1. The lowest BCUT2D eigenvalue weighted by molar-refractivity contribution is -0.122. The smallest absolute Gasteiger partial charge is 0.256 e. The average Bonchev–Trinajstić information content (AvgIpc) is 3.10. The van der Waals surface area contributed by atoms with Crippen molar-refractivity contribution in [2.75, 3.05) is 32.0 Å². The quantitative estimate of drug-likeness (QED) is 0.851. The first-order chi connectivity index (χ1) is 12.6. The number of carbonyl (C=O) groups excluding carboxylic acids is 2. The number of benzene rings is 1. The Bertz CT molecular complexity index is 783. The van der Waals surface area contributed by atoms with E-state index in [-0.39, 0.29) is 23.4 Å². The summed E-state index contributed by atoms with van der Waals surface area (Å²) in [6.45, 7) is 1.97. The number of likely N-dealkylation sites (N-methyl/N-ethyl adjacent to an activating group) is 1. The van der Waals surface area contributed by atoms with Crippen LogP contribution in [0, 0.1) is 5.82 Å². The van der Waals surface area contributed by atoms with E-state index in [1.54, 1.807) is 30.1 Å². The fourth-order valence-corrected chi connectivity index (χ4v) is 3.13. The molecular formula is C18H22FN5O2. The molecule has 2 aromatic rings. The molecule has 0 unspecified atom stereocenters. The fraction of sp³-hybridized carbons (Fsp3) is 0.389. The molecule has 1 aliphatic rings. The lowest BCUT2D eigenvalue weighted by atomic mass is 10.1. The minimum absolute atomic E-state index is 0.00517. The summed E-state index contributed by atoms with van der Waals surface area (Å²) in [4.78, 5) is 25.9. The van der Waals surface area contributed by atoms with E-state index in [0.29, 0.717) is 12.4 Å². The molecule has 1 aromatic heterocycles. The Morgan fingerprint density at radius 2 is 2.04 bits per heavy atom. The predicted octanol–water partition coefficient (Wildman–Crippen LogP) is 1.66. The molecule has 3 rings (SSSR count). The second kappa shape index (κ2) is 8.09. The zero-order chi connectivity index (χ0) is 18.5. The monoisotopic (exact) mass is 359 g/mol. The van der Waals surface area contributed by atoms with E-state index in [9.17, 15) is 14.0 Å². The first-order valence-corrected chi connectivity index (χ1v) is 8.60. The lowest BCUT2D eigenvalue weighted by Gasteiger charge is -2.32. The van der Waals surface area contributed by atoms with Crippen LogP contribution in [-0.2, 0) is 4.79 Å². The van der Waals surface area contributed by atoms with Crippen molar-refractivity contribution in [2.24, 2.45) is 0 Å². The third-order valence-electron chi connectivity index (χ3n) is 4.55. The molecule has 1 aromatic carbocycles. The number of anilines is 1. The van der Waals surface area contributed by atoms with Crippen LogP contribution in [0.2, 0.25) is 0 Å². The summed E-state index contributed by atoms with van der Waals surface area (Å²) in [5.74, 6) is -0.229. The number of hydrogen-bond donors (Lipinski definition) is 2. The molecular weight excluding hydrogens is 337 g/mol. The van der Waals surface area contributed by atoms with Crippen molar-refractivity contribution in [3.8, 4) is 0 Å². The van der Waals surface area contributed by atoms with Crippen molar-refractivity contribution in [1.82, 2.24) is 20.0 Å². The van der Waals surface area contributed by atoms with Crippen LogP contribution in [0.5, 0.6) is 0 Å². The Hall–Kier alpha value is -2.74. The number of piperidine rings is 1. The molecule has 0 spiro atoms. The van der Waals surface area contributed by atoms with Gasteiger partial charge in [0, 0.05) is 31.8 Å². The average molecular weight is 359 g/mol. The third kappa shape index (κ3) is 4.26. The summed E-state index contributed by atoms with van der Waals surface area (Å²) >= 11 is 0.